The number of guanidine groups is 1. The summed E-state index contributed by atoms with van der Waals surface area (Å²) in [5, 5.41) is 6.69. The third-order valence-corrected chi connectivity index (χ3v) is 5.66. The third-order valence-electron chi connectivity index (χ3n) is 5.66. The Bertz CT molecular complexity index is 523. The molecule has 0 aliphatic carbocycles. The molecule has 0 saturated carbocycles. The molecule has 2 N–H and O–H groups in total. The molecule has 2 fully saturated rings. The molecule has 0 radical (unpaired) electrons. The number of nitrogens with zero attached hydrogens (tertiary/aromatic N) is 3. The minimum absolute atomic E-state index is 0.300. The van der Waals surface area contributed by atoms with Gasteiger partial charge in [-0.2, -0.15) is 0 Å². The average Bonchev–Trinajstić information content (AvgIpc) is 3.00. The van der Waals surface area contributed by atoms with Gasteiger partial charge in [-0.3, -0.25) is 14.6 Å². The minimum atomic E-state index is 0.300. The number of likely N-dealkylation sites (tertiary alicyclic amines) is 2. The van der Waals surface area contributed by atoms with Gasteiger partial charge in [-0.25, -0.2) is 0 Å². The van der Waals surface area contributed by atoms with Crippen LogP contribution in [-0.2, 0) is 9.59 Å². The van der Waals surface area contributed by atoms with Crippen LogP contribution in [0.4, 0.5) is 0 Å². The van der Waals surface area contributed by atoms with Gasteiger partial charge < -0.3 is 20.4 Å². The smallest absolute Gasteiger partial charge is 0.222 e. The van der Waals surface area contributed by atoms with Crippen molar-refractivity contribution < 1.29 is 9.59 Å². The van der Waals surface area contributed by atoms with E-state index in [0.29, 0.717) is 37.2 Å². The van der Waals surface area contributed by atoms with Gasteiger partial charge >= 0.3 is 0 Å². The van der Waals surface area contributed by atoms with E-state index in [0.717, 1.165) is 83.6 Å². The molecule has 0 bridgehead atoms. The molecule has 0 aromatic rings. The first-order valence-electron chi connectivity index (χ1n) is 11.2. The summed E-state index contributed by atoms with van der Waals surface area (Å²) in [5.41, 5.74) is 0. The molecule has 2 aliphatic heterocycles. The number of rotatable bonds is 10. The third kappa shape index (κ3) is 7.32. The second-order valence-electron chi connectivity index (χ2n) is 7.77. The number of aliphatic imine (C=N–C) groups is 1. The Morgan fingerprint density at radius 3 is 2.57 bits per heavy atom. The first-order valence-corrected chi connectivity index (χ1v) is 11.2. The molecule has 28 heavy (non-hydrogen) atoms. The first kappa shape index (κ1) is 22.5. The van der Waals surface area contributed by atoms with Gasteiger partial charge in [0.15, 0.2) is 5.96 Å². The van der Waals surface area contributed by atoms with Gasteiger partial charge in [-0.05, 0) is 45.4 Å². The molecule has 7 heteroatoms. The summed E-state index contributed by atoms with van der Waals surface area (Å²) in [4.78, 5) is 32.7. The average molecular weight is 394 g/mol. The molecule has 2 saturated heterocycles. The SMILES string of the molecule is CCNC(=NCCCN1CCCCCC1=O)NCCC(CC)N1CCCC1=O. The molecule has 2 heterocycles. The zero-order valence-electron chi connectivity index (χ0n) is 17.8. The maximum absolute atomic E-state index is 12.0. The van der Waals surface area contributed by atoms with Gasteiger partial charge in [-0.1, -0.05) is 13.3 Å². The highest BCUT2D eigenvalue weighted by Gasteiger charge is 2.26. The lowest BCUT2D eigenvalue weighted by molar-refractivity contribution is -0.131. The molecule has 7 nitrogen and oxygen atoms in total. The van der Waals surface area contributed by atoms with Crippen LogP contribution >= 0.6 is 0 Å². The van der Waals surface area contributed by atoms with Crippen molar-refractivity contribution in [3.05, 3.63) is 0 Å². The van der Waals surface area contributed by atoms with Crippen molar-refractivity contribution in [2.24, 2.45) is 4.99 Å². The van der Waals surface area contributed by atoms with E-state index in [1.165, 1.54) is 0 Å². The van der Waals surface area contributed by atoms with E-state index >= 15 is 0 Å². The van der Waals surface area contributed by atoms with Crippen molar-refractivity contribution in [2.45, 2.75) is 77.7 Å². The predicted molar refractivity (Wildman–Crippen MR) is 113 cm³/mol. The lowest BCUT2D eigenvalue weighted by Gasteiger charge is -2.27. The molecular weight excluding hydrogens is 354 g/mol. The van der Waals surface area contributed by atoms with Crippen LogP contribution in [-0.4, -0.2) is 72.9 Å². The zero-order chi connectivity index (χ0) is 20.2. The highest BCUT2D eigenvalue weighted by molar-refractivity contribution is 5.80. The van der Waals surface area contributed by atoms with E-state index < -0.39 is 0 Å². The monoisotopic (exact) mass is 393 g/mol. The van der Waals surface area contributed by atoms with Gasteiger partial charge in [0.25, 0.3) is 0 Å². The Hall–Kier alpha value is -1.79. The molecule has 2 rings (SSSR count). The highest BCUT2D eigenvalue weighted by atomic mass is 16.2. The number of amides is 2. The lowest BCUT2D eigenvalue weighted by Crippen LogP contribution is -2.42. The Kier molecular flexibility index (Phi) is 10.1. The van der Waals surface area contributed by atoms with E-state index in [1.807, 2.05) is 9.80 Å². The molecular formula is C21H39N5O2. The fourth-order valence-electron chi connectivity index (χ4n) is 4.06. The van der Waals surface area contributed by atoms with Gasteiger partial charge in [-0.15, -0.1) is 0 Å². The Morgan fingerprint density at radius 2 is 1.86 bits per heavy atom. The van der Waals surface area contributed by atoms with E-state index in [4.69, 9.17) is 0 Å². The summed E-state index contributed by atoms with van der Waals surface area (Å²) in [6.45, 7) is 9.15. The van der Waals surface area contributed by atoms with Crippen LogP contribution in [0.2, 0.25) is 0 Å². The first-order chi connectivity index (χ1) is 13.7. The maximum Gasteiger partial charge on any atom is 0.222 e. The fourth-order valence-corrected chi connectivity index (χ4v) is 4.06. The van der Waals surface area contributed by atoms with Crippen molar-refractivity contribution in [3.63, 3.8) is 0 Å². The molecule has 2 amide bonds. The minimum Gasteiger partial charge on any atom is -0.357 e. The number of nitrogens with one attached hydrogen (secondary N) is 2. The predicted octanol–water partition coefficient (Wildman–Crippen LogP) is 2.13. The van der Waals surface area contributed by atoms with Crippen LogP contribution in [0.1, 0.15) is 71.6 Å². The Labute approximate surface area is 170 Å². The van der Waals surface area contributed by atoms with Crippen molar-refractivity contribution in [3.8, 4) is 0 Å². The molecule has 1 unspecified atom stereocenters. The Balaban J connectivity index is 1.72. The quantitative estimate of drug-likeness (QED) is 0.339. The van der Waals surface area contributed by atoms with Crippen molar-refractivity contribution in [1.29, 1.82) is 0 Å². The lowest BCUT2D eigenvalue weighted by atomic mass is 10.1. The van der Waals surface area contributed by atoms with Crippen molar-refractivity contribution >= 4 is 17.8 Å². The van der Waals surface area contributed by atoms with E-state index in [1.54, 1.807) is 0 Å². The largest absolute Gasteiger partial charge is 0.357 e. The summed E-state index contributed by atoms with van der Waals surface area (Å²) in [6, 6.07) is 0.319. The van der Waals surface area contributed by atoms with Gasteiger partial charge in [0.1, 0.15) is 0 Å². The van der Waals surface area contributed by atoms with E-state index in [-0.39, 0.29) is 0 Å². The molecule has 1 atom stereocenters. The summed E-state index contributed by atoms with van der Waals surface area (Å²) < 4.78 is 0. The topological polar surface area (TPSA) is 77.0 Å². The van der Waals surface area contributed by atoms with Gasteiger partial charge in [0.05, 0.1) is 0 Å². The second-order valence-corrected chi connectivity index (χ2v) is 7.77. The standard InChI is InChI=1S/C21H39N5O2/c1-3-18(26-17-8-11-20(26)28)12-14-24-21(22-4-2)23-13-9-16-25-15-7-5-6-10-19(25)27/h18H,3-17H2,1-2H3,(H2,22,23,24). The van der Waals surface area contributed by atoms with Crippen LogP contribution in [0.15, 0.2) is 4.99 Å². The number of hydrogen-bond acceptors (Lipinski definition) is 3. The fraction of sp³-hybridized carbons (Fsp3) is 0.857. The van der Waals surface area contributed by atoms with Crippen molar-refractivity contribution in [2.75, 3.05) is 39.3 Å². The molecule has 160 valence electrons. The summed E-state index contributed by atoms with van der Waals surface area (Å²) in [5.74, 6) is 1.43. The number of carbonyl (C=O) groups excluding carboxylic acids is 2. The summed E-state index contributed by atoms with van der Waals surface area (Å²) in [6.07, 6.45) is 8.53. The number of hydrogen-bond donors (Lipinski definition) is 2. The maximum atomic E-state index is 12.0. The van der Waals surface area contributed by atoms with Crippen LogP contribution in [0.5, 0.6) is 0 Å². The van der Waals surface area contributed by atoms with Gasteiger partial charge in [0.2, 0.25) is 11.8 Å². The van der Waals surface area contributed by atoms with Crippen LogP contribution in [0.25, 0.3) is 0 Å². The molecule has 0 aromatic heterocycles. The molecule has 0 aromatic carbocycles. The van der Waals surface area contributed by atoms with E-state index in [9.17, 15) is 9.59 Å². The van der Waals surface area contributed by atoms with Crippen LogP contribution < -0.4 is 10.6 Å². The highest BCUT2D eigenvalue weighted by Crippen LogP contribution is 2.17. The molecule has 0 spiro atoms. The molecule has 2 aliphatic rings. The summed E-state index contributed by atoms with van der Waals surface area (Å²) in [7, 11) is 0. The normalized spacial score (nSPS) is 19.7. The van der Waals surface area contributed by atoms with Crippen molar-refractivity contribution in [1.82, 2.24) is 20.4 Å². The number of carbonyl (C=O) groups is 2. The van der Waals surface area contributed by atoms with Crippen LogP contribution in [0.3, 0.4) is 0 Å². The van der Waals surface area contributed by atoms with Crippen LogP contribution in [0, 0.1) is 0 Å². The second kappa shape index (κ2) is 12.6. The van der Waals surface area contributed by atoms with Gasteiger partial charge in [0, 0.05) is 58.2 Å². The zero-order valence-corrected chi connectivity index (χ0v) is 17.8. The summed E-state index contributed by atoms with van der Waals surface area (Å²) >= 11 is 0. The van der Waals surface area contributed by atoms with E-state index in [2.05, 4.69) is 29.5 Å². The Morgan fingerprint density at radius 1 is 1.04 bits per heavy atom.